The Bertz CT molecular complexity index is 799. The van der Waals surface area contributed by atoms with Crippen LogP contribution in [0.3, 0.4) is 0 Å². The molecule has 5 nitrogen and oxygen atoms in total. The molecule has 118 valence electrons. The van der Waals surface area contributed by atoms with E-state index < -0.39 is 0 Å². The second kappa shape index (κ2) is 6.10. The molecule has 0 spiro atoms. The maximum Gasteiger partial charge on any atom is 0.123 e. The van der Waals surface area contributed by atoms with Crippen molar-refractivity contribution in [3.8, 4) is 0 Å². The number of aromatic nitrogens is 3. The van der Waals surface area contributed by atoms with E-state index in [2.05, 4.69) is 45.8 Å². The van der Waals surface area contributed by atoms with Crippen LogP contribution in [0.25, 0.3) is 11.0 Å². The summed E-state index contributed by atoms with van der Waals surface area (Å²) in [6.07, 6.45) is 3.78. The first-order valence-corrected chi connectivity index (χ1v) is 7.95. The molecule has 3 heterocycles. The molecule has 1 fully saturated rings. The number of nitrogens with zero attached hydrogens (tertiary/aromatic N) is 4. The summed E-state index contributed by atoms with van der Waals surface area (Å²) in [5, 5.41) is 0. The maximum absolute atomic E-state index is 5.91. The minimum absolute atomic E-state index is 0.0899. The third-order valence-corrected chi connectivity index (χ3v) is 4.45. The van der Waals surface area contributed by atoms with Crippen molar-refractivity contribution >= 4 is 11.0 Å². The van der Waals surface area contributed by atoms with Gasteiger partial charge in [-0.25, -0.2) is 4.98 Å². The van der Waals surface area contributed by atoms with Gasteiger partial charge in [-0.3, -0.25) is 9.88 Å². The number of hydrogen-bond donors (Lipinski definition) is 0. The predicted molar refractivity (Wildman–Crippen MR) is 88.9 cm³/mol. The van der Waals surface area contributed by atoms with Crippen molar-refractivity contribution in [2.24, 2.45) is 7.05 Å². The standard InChI is InChI=1S/C18H20N4O/c1-21-16-7-3-2-6-15(16)20-18(21)13-22-9-10-23-17(12-22)14-5-4-8-19-11-14/h2-8,11,17H,9-10,12-13H2,1H3/t17-/m0/s1. The Balaban J connectivity index is 1.53. The molecule has 0 bridgehead atoms. The molecule has 5 heteroatoms. The van der Waals surface area contributed by atoms with Crippen LogP contribution in [0.2, 0.25) is 0 Å². The highest BCUT2D eigenvalue weighted by molar-refractivity contribution is 5.75. The maximum atomic E-state index is 5.91. The van der Waals surface area contributed by atoms with Crippen molar-refractivity contribution in [2.45, 2.75) is 12.6 Å². The summed E-state index contributed by atoms with van der Waals surface area (Å²) in [4.78, 5) is 11.4. The van der Waals surface area contributed by atoms with Gasteiger partial charge in [0.1, 0.15) is 5.82 Å². The summed E-state index contributed by atoms with van der Waals surface area (Å²) >= 11 is 0. The van der Waals surface area contributed by atoms with Crippen LogP contribution in [0, 0.1) is 0 Å². The zero-order chi connectivity index (χ0) is 15.6. The molecule has 0 N–H and O–H groups in total. The van der Waals surface area contributed by atoms with E-state index in [1.54, 1.807) is 6.20 Å². The zero-order valence-corrected chi connectivity index (χ0v) is 13.2. The molecule has 1 saturated heterocycles. The first-order chi connectivity index (χ1) is 11.3. The molecule has 4 rings (SSSR count). The van der Waals surface area contributed by atoms with Gasteiger partial charge in [0.25, 0.3) is 0 Å². The normalized spacial score (nSPS) is 19.3. The van der Waals surface area contributed by atoms with E-state index in [9.17, 15) is 0 Å². The van der Waals surface area contributed by atoms with Crippen molar-refractivity contribution in [1.29, 1.82) is 0 Å². The van der Waals surface area contributed by atoms with Crippen molar-refractivity contribution < 1.29 is 4.74 Å². The fourth-order valence-electron chi connectivity index (χ4n) is 3.15. The van der Waals surface area contributed by atoms with Crippen molar-refractivity contribution in [3.05, 3.63) is 60.2 Å². The van der Waals surface area contributed by atoms with Gasteiger partial charge in [-0.1, -0.05) is 18.2 Å². The van der Waals surface area contributed by atoms with Crippen LogP contribution in [0.4, 0.5) is 0 Å². The molecular weight excluding hydrogens is 288 g/mol. The highest BCUT2D eigenvalue weighted by Crippen LogP contribution is 2.23. The van der Waals surface area contributed by atoms with Crippen molar-refractivity contribution in [2.75, 3.05) is 19.7 Å². The Morgan fingerprint density at radius 2 is 2.13 bits per heavy atom. The van der Waals surface area contributed by atoms with Crippen LogP contribution in [0.1, 0.15) is 17.5 Å². The first kappa shape index (κ1) is 14.4. The Kier molecular flexibility index (Phi) is 3.81. The molecule has 1 aliphatic rings. The number of morpholine rings is 1. The van der Waals surface area contributed by atoms with Gasteiger partial charge in [0.15, 0.2) is 0 Å². The number of pyridine rings is 1. The van der Waals surface area contributed by atoms with Crippen LogP contribution < -0.4 is 0 Å². The highest BCUT2D eigenvalue weighted by atomic mass is 16.5. The smallest absolute Gasteiger partial charge is 0.123 e. The van der Waals surface area contributed by atoms with Gasteiger partial charge in [0, 0.05) is 38.1 Å². The molecule has 0 unspecified atom stereocenters. The molecule has 23 heavy (non-hydrogen) atoms. The van der Waals surface area contributed by atoms with Gasteiger partial charge < -0.3 is 9.30 Å². The second-order valence-electron chi connectivity index (χ2n) is 5.96. The Morgan fingerprint density at radius 3 is 2.96 bits per heavy atom. The lowest BCUT2D eigenvalue weighted by atomic mass is 10.1. The van der Waals surface area contributed by atoms with Gasteiger partial charge in [-0.05, 0) is 18.2 Å². The van der Waals surface area contributed by atoms with Gasteiger partial charge in [0.2, 0.25) is 0 Å². The van der Waals surface area contributed by atoms with Crippen LogP contribution >= 0.6 is 0 Å². The lowest BCUT2D eigenvalue weighted by Gasteiger charge is -2.32. The lowest BCUT2D eigenvalue weighted by Crippen LogP contribution is -2.38. The van der Waals surface area contributed by atoms with E-state index in [1.165, 1.54) is 5.52 Å². The minimum Gasteiger partial charge on any atom is -0.371 e. The van der Waals surface area contributed by atoms with Gasteiger partial charge in [-0.2, -0.15) is 0 Å². The number of rotatable bonds is 3. The molecular formula is C18H20N4O. The number of para-hydroxylation sites is 2. The molecule has 0 radical (unpaired) electrons. The predicted octanol–water partition coefficient (Wildman–Crippen LogP) is 2.54. The topological polar surface area (TPSA) is 43.2 Å². The van der Waals surface area contributed by atoms with Crippen LogP contribution in [0.15, 0.2) is 48.8 Å². The number of aryl methyl sites for hydroxylation is 1. The molecule has 0 aliphatic carbocycles. The van der Waals surface area contributed by atoms with E-state index in [0.717, 1.165) is 43.1 Å². The molecule has 1 atom stereocenters. The largest absolute Gasteiger partial charge is 0.371 e. The number of hydrogen-bond acceptors (Lipinski definition) is 4. The summed E-state index contributed by atoms with van der Waals surface area (Å²) in [6, 6.07) is 12.3. The van der Waals surface area contributed by atoms with Crippen LogP contribution in [0.5, 0.6) is 0 Å². The molecule has 3 aromatic rings. The summed E-state index contributed by atoms with van der Waals surface area (Å²) in [5.41, 5.74) is 3.38. The number of imidazole rings is 1. The zero-order valence-electron chi connectivity index (χ0n) is 13.2. The highest BCUT2D eigenvalue weighted by Gasteiger charge is 2.23. The summed E-state index contributed by atoms with van der Waals surface area (Å²) < 4.78 is 8.10. The number of fused-ring (bicyclic) bond motifs is 1. The second-order valence-corrected chi connectivity index (χ2v) is 5.96. The molecule has 0 saturated carbocycles. The minimum atomic E-state index is 0.0899. The third-order valence-electron chi connectivity index (χ3n) is 4.45. The molecule has 0 amide bonds. The van der Waals surface area contributed by atoms with Crippen LogP contribution in [-0.4, -0.2) is 39.1 Å². The van der Waals surface area contributed by atoms with Gasteiger partial charge >= 0.3 is 0 Å². The fourth-order valence-corrected chi connectivity index (χ4v) is 3.15. The SMILES string of the molecule is Cn1c(CN2CCO[C@H](c3cccnc3)C2)nc2ccccc21. The van der Waals surface area contributed by atoms with E-state index in [1.807, 2.05) is 18.3 Å². The Morgan fingerprint density at radius 1 is 1.22 bits per heavy atom. The summed E-state index contributed by atoms with van der Waals surface area (Å²) in [5.74, 6) is 1.10. The Labute approximate surface area is 135 Å². The summed E-state index contributed by atoms with van der Waals surface area (Å²) in [6.45, 7) is 3.38. The quantitative estimate of drug-likeness (QED) is 0.746. The number of ether oxygens (including phenoxy) is 1. The lowest BCUT2D eigenvalue weighted by molar-refractivity contribution is -0.0340. The van der Waals surface area contributed by atoms with Gasteiger partial charge in [-0.15, -0.1) is 0 Å². The molecule has 2 aromatic heterocycles. The van der Waals surface area contributed by atoms with E-state index >= 15 is 0 Å². The average molecular weight is 308 g/mol. The first-order valence-electron chi connectivity index (χ1n) is 7.95. The van der Waals surface area contributed by atoms with Crippen molar-refractivity contribution in [3.63, 3.8) is 0 Å². The molecule has 1 aromatic carbocycles. The summed E-state index contributed by atoms with van der Waals surface area (Å²) in [7, 11) is 2.09. The Hall–Kier alpha value is -2.24. The number of benzene rings is 1. The average Bonchev–Trinajstić information content (AvgIpc) is 2.92. The van der Waals surface area contributed by atoms with E-state index in [4.69, 9.17) is 9.72 Å². The molecule has 1 aliphatic heterocycles. The monoisotopic (exact) mass is 308 g/mol. The fraction of sp³-hybridized carbons (Fsp3) is 0.333. The van der Waals surface area contributed by atoms with E-state index in [-0.39, 0.29) is 6.10 Å². The van der Waals surface area contributed by atoms with Crippen LogP contribution in [-0.2, 0) is 18.3 Å². The van der Waals surface area contributed by atoms with Gasteiger partial charge in [0.05, 0.1) is 30.3 Å². The van der Waals surface area contributed by atoms with Crippen molar-refractivity contribution in [1.82, 2.24) is 19.4 Å². The third kappa shape index (κ3) is 2.85. The van der Waals surface area contributed by atoms with E-state index in [0.29, 0.717) is 0 Å².